The van der Waals surface area contributed by atoms with Crippen molar-refractivity contribution in [3.8, 4) is 17.2 Å². The molecule has 1 heterocycles. The van der Waals surface area contributed by atoms with E-state index in [2.05, 4.69) is 10.5 Å². The highest BCUT2D eigenvalue weighted by Gasteiger charge is 2.72. The van der Waals surface area contributed by atoms with Gasteiger partial charge in [-0.3, -0.25) is 9.59 Å². The van der Waals surface area contributed by atoms with Crippen LogP contribution >= 0.6 is 0 Å². The summed E-state index contributed by atoms with van der Waals surface area (Å²) in [6, 6.07) is 3.30. The predicted octanol–water partition coefficient (Wildman–Crippen LogP) is 1.57. The summed E-state index contributed by atoms with van der Waals surface area (Å²) in [5.41, 5.74) is -9.18. The van der Waals surface area contributed by atoms with Crippen LogP contribution in [0.1, 0.15) is 54.7 Å². The van der Waals surface area contributed by atoms with E-state index >= 15 is 0 Å². The van der Waals surface area contributed by atoms with Gasteiger partial charge in [0, 0.05) is 44.3 Å². The molecular formula is C34H36N2O15. The van der Waals surface area contributed by atoms with E-state index in [1.807, 2.05) is 0 Å². The molecule has 0 amide bonds. The SMILES string of the molecule is COC(=O)c1c(C)cc2c(c1O)[C@]1(O)C(=O)c3cc4c(O)c(N[C@H]5O[C@@H](C)[C@H](OC)[C@@H](O)[C@H]5OC)cc(N=O)c4c(O)c3C(=O)[C@]1(OC)[C@H](O)C2. The number of aliphatic hydroxyl groups excluding tert-OH is 2. The van der Waals surface area contributed by atoms with Gasteiger partial charge in [-0.05, 0) is 42.3 Å². The van der Waals surface area contributed by atoms with Gasteiger partial charge in [0.1, 0.15) is 46.8 Å². The lowest BCUT2D eigenvalue weighted by Crippen LogP contribution is -2.73. The number of hydrogen-bond acceptors (Lipinski definition) is 17. The Kier molecular flexibility index (Phi) is 8.82. The molecule has 8 atom stereocenters. The number of hydrogen-bond donors (Lipinski definition) is 7. The average Bonchev–Trinajstić information content (AvgIpc) is 3.08. The molecule has 7 N–H and O–H groups in total. The average molecular weight is 713 g/mol. The van der Waals surface area contributed by atoms with E-state index in [1.54, 1.807) is 6.92 Å². The molecule has 3 aliphatic rings. The standard InChI is InChI=1S/C34H36N2O15/c1-11-7-13-8-18(37)34(50-6)30(43)21-15(29(42)33(34,45)22(13)25(40)19(11)32(44)49-5)9-14-20(24(21)39)16(36-46)10-17(23(14)38)35-31-28(48-4)26(41)27(47-3)12(2)51-31/h7,9-10,12,18,26-28,31,35,37-41,45H,8H2,1-6H3/t12-,18+,26+,27-,28+,31-,33-,34+/m0/s1. The number of aliphatic hydroxyl groups is 3. The minimum absolute atomic E-state index is 0.00372. The molecule has 0 radical (unpaired) electrons. The molecule has 17 heteroatoms. The number of Topliss-reactive ketones (excluding diaryl/α,β-unsaturated/α-hetero) is 2. The van der Waals surface area contributed by atoms with Crippen LogP contribution < -0.4 is 5.32 Å². The van der Waals surface area contributed by atoms with Crippen molar-refractivity contribution >= 4 is 39.7 Å². The number of nitrogens with one attached hydrogen (secondary N) is 1. The number of esters is 1. The summed E-state index contributed by atoms with van der Waals surface area (Å²) in [4.78, 5) is 54.1. The third-order valence-corrected chi connectivity index (χ3v) is 10.3. The first-order chi connectivity index (χ1) is 24.1. The van der Waals surface area contributed by atoms with E-state index in [1.165, 1.54) is 27.2 Å². The van der Waals surface area contributed by atoms with Gasteiger partial charge in [-0.25, -0.2) is 4.79 Å². The molecule has 3 aromatic carbocycles. The van der Waals surface area contributed by atoms with Gasteiger partial charge in [-0.1, -0.05) is 6.07 Å². The molecule has 1 saturated heterocycles. The van der Waals surface area contributed by atoms with Gasteiger partial charge in [-0.2, -0.15) is 0 Å². The van der Waals surface area contributed by atoms with Crippen LogP contribution in [0.25, 0.3) is 10.8 Å². The van der Waals surface area contributed by atoms with Crippen molar-refractivity contribution in [1.29, 1.82) is 0 Å². The summed E-state index contributed by atoms with van der Waals surface area (Å²) in [5.74, 6) is -6.31. The summed E-state index contributed by atoms with van der Waals surface area (Å²) in [6.45, 7) is 3.08. The Labute approximate surface area is 289 Å². The summed E-state index contributed by atoms with van der Waals surface area (Å²) in [7, 11) is 4.66. The predicted molar refractivity (Wildman–Crippen MR) is 174 cm³/mol. The number of benzene rings is 3. The highest BCUT2D eigenvalue weighted by molar-refractivity contribution is 6.27. The van der Waals surface area contributed by atoms with Gasteiger partial charge < -0.3 is 59.6 Å². The van der Waals surface area contributed by atoms with Crippen LogP contribution in [0.3, 0.4) is 0 Å². The number of aryl methyl sites for hydroxylation is 1. The maximum absolute atomic E-state index is 14.7. The number of rotatable bonds is 7. The number of nitroso groups, excluding NO2 is 1. The zero-order chi connectivity index (χ0) is 37.5. The summed E-state index contributed by atoms with van der Waals surface area (Å²) in [5, 5.41) is 74.4. The highest BCUT2D eigenvalue weighted by Crippen LogP contribution is 2.58. The molecule has 0 aromatic heterocycles. The molecule has 0 bridgehead atoms. The fourth-order valence-corrected chi connectivity index (χ4v) is 7.95. The second kappa shape index (κ2) is 12.5. The molecule has 0 unspecified atom stereocenters. The number of methoxy groups -OCH3 is 4. The second-order valence-corrected chi connectivity index (χ2v) is 12.7. The quantitative estimate of drug-likeness (QED) is 0.104. The monoisotopic (exact) mass is 712 g/mol. The molecular weight excluding hydrogens is 676 g/mol. The van der Waals surface area contributed by atoms with Gasteiger partial charge in [0.25, 0.3) is 0 Å². The number of phenolic OH excluding ortho intramolecular Hbond substituents is 3. The fraction of sp³-hybridized carbons (Fsp3) is 0.441. The highest BCUT2D eigenvalue weighted by atomic mass is 16.6. The van der Waals surface area contributed by atoms with Crippen LogP contribution in [0.5, 0.6) is 17.2 Å². The smallest absolute Gasteiger partial charge is 0.341 e. The Balaban J connectivity index is 1.60. The van der Waals surface area contributed by atoms with Gasteiger partial charge in [-0.15, -0.1) is 4.91 Å². The van der Waals surface area contributed by atoms with Gasteiger partial charge in [0.2, 0.25) is 11.6 Å². The van der Waals surface area contributed by atoms with Gasteiger partial charge >= 0.3 is 5.97 Å². The first-order valence-electron chi connectivity index (χ1n) is 15.6. The van der Waals surface area contributed by atoms with Crippen molar-refractivity contribution in [3.05, 3.63) is 56.5 Å². The maximum atomic E-state index is 14.7. The molecule has 3 aromatic rings. The minimum atomic E-state index is -3.22. The van der Waals surface area contributed by atoms with Crippen LogP contribution in [-0.2, 0) is 35.7 Å². The zero-order valence-corrected chi connectivity index (χ0v) is 28.2. The largest absolute Gasteiger partial charge is 0.507 e. The Morgan fingerprint density at radius 2 is 1.65 bits per heavy atom. The Hall–Kier alpha value is -4.75. The number of nitrogens with zero attached hydrogens (tertiary/aromatic N) is 1. The zero-order valence-electron chi connectivity index (χ0n) is 28.2. The van der Waals surface area contributed by atoms with Crippen molar-refractivity contribution < 1.29 is 68.7 Å². The number of phenols is 3. The van der Waals surface area contributed by atoms with E-state index in [0.29, 0.717) is 0 Å². The third-order valence-electron chi connectivity index (χ3n) is 10.3. The van der Waals surface area contributed by atoms with Crippen molar-refractivity contribution in [3.63, 3.8) is 0 Å². The number of ketones is 2. The molecule has 1 fully saturated rings. The normalized spacial score (nSPS) is 30.0. The lowest BCUT2D eigenvalue weighted by Gasteiger charge is -2.52. The summed E-state index contributed by atoms with van der Waals surface area (Å²) >= 11 is 0. The molecule has 0 spiro atoms. The topological polar surface area (TPSA) is 260 Å². The number of aromatic hydroxyl groups is 3. The van der Waals surface area contributed by atoms with Gasteiger partial charge in [0.05, 0.1) is 36.0 Å². The van der Waals surface area contributed by atoms with Crippen molar-refractivity contribution in [2.45, 2.75) is 68.2 Å². The first kappa shape index (κ1) is 36.1. The Bertz CT molecular complexity index is 2020. The Morgan fingerprint density at radius 3 is 2.24 bits per heavy atom. The van der Waals surface area contributed by atoms with Crippen molar-refractivity contribution in [2.75, 3.05) is 33.8 Å². The molecule has 2 aliphatic carbocycles. The van der Waals surface area contributed by atoms with E-state index in [-0.39, 0.29) is 16.8 Å². The molecule has 272 valence electrons. The van der Waals surface area contributed by atoms with Crippen LogP contribution in [0, 0.1) is 11.8 Å². The molecule has 51 heavy (non-hydrogen) atoms. The molecule has 0 saturated carbocycles. The lowest BCUT2D eigenvalue weighted by atomic mass is 9.57. The van der Waals surface area contributed by atoms with Crippen molar-refractivity contribution in [2.24, 2.45) is 5.18 Å². The third kappa shape index (κ3) is 4.63. The maximum Gasteiger partial charge on any atom is 0.341 e. The van der Waals surface area contributed by atoms with Crippen molar-refractivity contribution in [1.82, 2.24) is 0 Å². The van der Waals surface area contributed by atoms with E-state index in [0.717, 1.165) is 26.4 Å². The fourth-order valence-electron chi connectivity index (χ4n) is 7.95. The number of ether oxygens (including phenoxy) is 5. The first-order valence-corrected chi connectivity index (χ1v) is 15.6. The van der Waals surface area contributed by atoms with Crippen LogP contribution in [0.15, 0.2) is 23.4 Å². The minimum Gasteiger partial charge on any atom is -0.507 e. The van der Waals surface area contributed by atoms with Gasteiger partial charge in [0.15, 0.2) is 17.4 Å². The molecule has 6 rings (SSSR count). The lowest BCUT2D eigenvalue weighted by molar-refractivity contribution is -0.223. The van der Waals surface area contributed by atoms with E-state index in [4.69, 9.17) is 23.7 Å². The van der Waals surface area contributed by atoms with Crippen LogP contribution in [0.2, 0.25) is 0 Å². The number of carbonyl (C=O) groups excluding carboxylic acids is 3. The summed E-state index contributed by atoms with van der Waals surface area (Å²) < 4.78 is 27.0. The summed E-state index contributed by atoms with van der Waals surface area (Å²) in [6.07, 6.45) is -7.29. The number of carbonyl (C=O) groups is 3. The van der Waals surface area contributed by atoms with Crippen LogP contribution in [-0.4, -0.2) is 119 Å². The van der Waals surface area contributed by atoms with E-state index in [9.17, 15) is 49.9 Å². The van der Waals surface area contributed by atoms with Crippen LogP contribution in [0.4, 0.5) is 11.4 Å². The second-order valence-electron chi connectivity index (χ2n) is 12.7. The van der Waals surface area contributed by atoms with E-state index < -0.39 is 128 Å². The number of fused-ring (bicyclic) bond motifs is 5. The molecule has 17 nitrogen and oxygen atoms in total. The Morgan fingerprint density at radius 1 is 0.980 bits per heavy atom. The number of anilines is 1. The molecule has 1 aliphatic heterocycles.